The zero-order chi connectivity index (χ0) is 12.4. The molecule has 6 heteroatoms. The fourth-order valence-corrected chi connectivity index (χ4v) is 1.52. The molecular formula is C11H7ClN2O3. The van der Waals surface area contributed by atoms with Crippen LogP contribution in [0.1, 0.15) is 10.4 Å². The van der Waals surface area contributed by atoms with Gasteiger partial charge in [-0.05, 0) is 18.2 Å². The number of halogens is 1. The van der Waals surface area contributed by atoms with Crippen LogP contribution in [0.5, 0.6) is 0 Å². The van der Waals surface area contributed by atoms with Crippen molar-refractivity contribution in [1.29, 1.82) is 0 Å². The molecular weight excluding hydrogens is 244 g/mol. The molecule has 0 fully saturated rings. The molecule has 0 bridgehead atoms. The highest BCUT2D eigenvalue weighted by Crippen LogP contribution is 2.14. The summed E-state index contributed by atoms with van der Waals surface area (Å²) < 4.78 is 1.43. The first kappa shape index (κ1) is 11.3. The van der Waals surface area contributed by atoms with Crippen molar-refractivity contribution in [2.45, 2.75) is 0 Å². The zero-order valence-electron chi connectivity index (χ0n) is 8.50. The Bertz CT molecular complexity index is 637. The number of carboxylic acid groups (broad SMARTS) is 1. The second-order valence-corrected chi connectivity index (χ2v) is 3.72. The van der Waals surface area contributed by atoms with Crippen LogP contribution in [0.3, 0.4) is 0 Å². The molecule has 1 heterocycles. The molecule has 5 nitrogen and oxygen atoms in total. The quantitative estimate of drug-likeness (QED) is 0.878. The van der Waals surface area contributed by atoms with Gasteiger partial charge >= 0.3 is 5.97 Å². The van der Waals surface area contributed by atoms with E-state index in [2.05, 4.69) is 4.98 Å². The van der Waals surface area contributed by atoms with E-state index in [1.165, 1.54) is 17.1 Å². The maximum absolute atomic E-state index is 11.2. The molecule has 1 N–H and O–H groups in total. The van der Waals surface area contributed by atoms with Gasteiger partial charge in [-0.25, -0.2) is 4.79 Å². The topological polar surface area (TPSA) is 72.2 Å². The minimum absolute atomic E-state index is 0.382. The van der Waals surface area contributed by atoms with Crippen LogP contribution in [0.25, 0.3) is 5.69 Å². The van der Waals surface area contributed by atoms with Crippen LogP contribution in [0.4, 0.5) is 0 Å². The molecule has 0 radical (unpaired) electrons. The second kappa shape index (κ2) is 4.39. The highest BCUT2D eigenvalue weighted by Gasteiger charge is 2.10. The monoisotopic (exact) mass is 250 g/mol. The van der Waals surface area contributed by atoms with Crippen LogP contribution < -0.4 is 5.56 Å². The lowest BCUT2D eigenvalue weighted by Crippen LogP contribution is -2.19. The average molecular weight is 251 g/mol. The summed E-state index contributed by atoms with van der Waals surface area (Å²) in [5, 5.41) is 9.32. The Morgan fingerprint density at radius 2 is 2.18 bits per heavy atom. The minimum atomic E-state index is -1.31. The Balaban J connectivity index is 2.58. The third-order valence-electron chi connectivity index (χ3n) is 2.13. The molecule has 0 saturated heterocycles. The fraction of sp³-hybridized carbons (Fsp3) is 0. The third kappa shape index (κ3) is 2.34. The largest absolute Gasteiger partial charge is 0.477 e. The van der Waals surface area contributed by atoms with Crippen LogP contribution in [0, 0.1) is 0 Å². The Morgan fingerprint density at radius 1 is 1.41 bits per heavy atom. The lowest BCUT2D eigenvalue weighted by Gasteiger charge is -2.06. The SMILES string of the molecule is O=C(O)c1cn(-c2cccc(Cl)c2)cnc1=O. The van der Waals surface area contributed by atoms with Crippen LogP contribution in [-0.4, -0.2) is 20.6 Å². The van der Waals surface area contributed by atoms with Gasteiger partial charge < -0.3 is 9.67 Å². The first-order valence-corrected chi connectivity index (χ1v) is 5.03. The molecule has 2 rings (SSSR count). The number of aromatic carboxylic acids is 1. The Hall–Kier alpha value is -2.14. The van der Waals surface area contributed by atoms with E-state index in [1.807, 2.05) is 0 Å². The number of nitrogens with zero attached hydrogens (tertiary/aromatic N) is 2. The summed E-state index contributed by atoms with van der Waals surface area (Å²) in [4.78, 5) is 25.5. The first-order valence-electron chi connectivity index (χ1n) is 4.65. The number of benzene rings is 1. The van der Waals surface area contributed by atoms with E-state index in [4.69, 9.17) is 16.7 Å². The van der Waals surface area contributed by atoms with Gasteiger partial charge in [0.1, 0.15) is 11.9 Å². The van der Waals surface area contributed by atoms with Crippen molar-refractivity contribution in [3.8, 4) is 5.69 Å². The van der Waals surface area contributed by atoms with Gasteiger partial charge in [-0.1, -0.05) is 17.7 Å². The molecule has 17 heavy (non-hydrogen) atoms. The van der Waals surface area contributed by atoms with E-state index >= 15 is 0 Å². The van der Waals surface area contributed by atoms with Gasteiger partial charge in [0.15, 0.2) is 0 Å². The van der Waals surface area contributed by atoms with Crippen molar-refractivity contribution < 1.29 is 9.90 Å². The highest BCUT2D eigenvalue weighted by molar-refractivity contribution is 6.30. The summed E-state index contributed by atoms with van der Waals surface area (Å²) in [6.45, 7) is 0. The average Bonchev–Trinajstić information content (AvgIpc) is 2.29. The molecule has 0 amide bonds. The van der Waals surface area contributed by atoms with Crippen LogP contribution in [0.2, 0.25) is 5.02 Å². The van der Waals surface area contributed by atoms with Crippen molar-refractivity contribution in [3.05, 3.63) is 57.7 Å². The summed E-state index contributed by atoms with van der Waals surface area (Å²) >= 11 is 5.82. The minimum Gasteiger partial charge on any atom is -0.477 e. The Kier molecular flexibility index (Phi) is 2.93. The Labute approximate surface area is 101 Å². The summed E-state index contributed by atoms with van der Waals surface area (Å²) in [7, 11) is 0. The number of carboxylic acids is 1. The van der Waals surface area contributed by atoms with Gasteiger partial charge in [-0.2, -0.15) is 4.98 Å². The molecule has 0 atom stereocenters. The Morgan fingerprint density at radius 3 is 2.82 bits per heavy atom. The third-order valence-corrected chi connectivity index (χ3v) is 2.37. The second-order valence-electron chi connectivity index (χ2n) is 3.28. The number of aromatic nitrogens is 2. The number of carbonyl (C=O) groups is 1. The zero-order valence-corrected chi connectivity index (χ0v) is 9.26. The van der Waals surface area contributed by atoms with Gasteiger partial charge in [0.25, 0.3) is 5.56 Å². The van der Waals surface area contributed by atoms with E-state index in [9.17, 15) is 9.59 Å². The van der Waals surface area contributed by atoms with E-state index in [0.717, 1.165) is 0 Å². The highest BCUT2D eigenvalue weighted by atomic mass is 35.5. The van der Waals surface area contributed by atoms with Crippen molar-refractivity contribution in [3.63, 3.8) is 0 Å². The van der Waals surface area contributed by atoms with E-state index in [0.29, 0.717) is 10.7 Å². The summed E-state index contributed by atoms with van der Waals surface area (Å²) in [5.41, 5.74) is -0.518. The van der Waals surface area contributed by atoms with Crippen LogP contribution in [-0.2, 0) is 0 Å². The van der Waals surface area contributed by atoms with E-state index in [-0.39, 0.29) is 5.56 Å². The van der Waals surface area contributed by atoms with Crippen molar-refractivity contribution in [2.24, 2.45) is 0 Å². The first-order chi connectivity index (χ1) is 8.08. The van der Waals surface area contributed by atoms with Gasteiger partial charge in [0, 0.05) is 16.9 Å². The summed E-state index contributed by atoms with van der Waals surface area (Å²) in [5.74, 6) is -1.31. The fourth-order valence-electron chi connectivity index (χ4n) is 1.34. The van der Waals surface area contributed by atoms with Gasteiger partial charge in [-0.15, -0.1) is 0 Å². The van der Waals surface area contributed by atoms with Crippen LogP contribution >= 0.6 is 11.6 Å². The summed E-state index contributed by atoms with van der Waals surface area (Å²) in [6.07, 6.45) is 2.46. The van der Waals surface area contributed by atoms with E-state index < -0.39 is 11.5 Å². The molecule has 0 aliphatic heterocycles. The molecule has 2 aromatic rings. The molecule has 86 valence electrons. The van der Waals surface area contributed by atoms with Gasteiger partial charge in [0.2, 0.25) is 0 Å². The summed E-state index contributed by atoms with van der Waals surface area (Å²) in [6, 6.07) is 6.78. The lowest BCUT2D eigenvalue weighted by atomic mass is 10.3. The van der Waals surface area contributed by atoms with Crippen molar-refractivity contribution in [1.82, 2.24) is 9.55 Å². The molecule has 0 aliphatic rings. The van der Waals surface area contributed by atoms with Crippen LogP contribution in [0.15, 0.2) is 41.6 Å². The molecule has 1 aromatic carbocycles. The molecule has 0 saturated carbocycles. The standard InChI is InChI=1S/C11H7ClN2O3/c12-7-2-1-3-8(4-7)14-5-9(11(16)17)10(15)13-6-14/h1-6H,(H,16,17). The normalized spacial score (nSPS) is 10.2. The molecule has 0 unspecified atom stereocenters. The number of hydrogen-bond donors (Lipinski definition) is 1. The van der Waals surface area contributed by atoms with E-state index in [1.54, 1.807) is 24.3 Å². The maximum Gasteiger partial charge on any atom is 0.342 e. The molecule has 0 aliphatic carbocycles. The molecule has 0 spiro atoms. The molecule has 1 aromatic heterocycles. The smallest absolute Gasteiger partial charge is 0.342 e. The van der Waals surface area contributed by atoms with Crippen molar-refractivity contribution >= 4 is 17.6 Å². The lowest BCUT2D eigenvalue weighted by molar-refractivity contribution is 0.0694. The number of hydrogen-bond acceptors (Lipinski definition) is 3. The van der Waals surface area contributed by atoms with Gasteiger partial charge in [-0.3, -0.25) is 4.79 Å². The van der Waals surface area contributed by atoms with Gasteiger partial charge in [0.05, 0.1) is 0 Å². The predicted molar refractivity (Wildman–Crippen MR) is 61.8 cm³/mol. The van der Waals surface area contributed by atoms with Crippen molar-refractivity contribution in [2.75, 3.05) is 0 Å². The predicted octanol–water partition coefficient (Wildman–Crippen LogP) is 1.58. The maximum atomic E-state index is 11.2. The number of rotatable bonds is 2.